The Labute approximate surface area is 175 Å². The lowest BCUT2D eigenvalue weighted by Gasteiger charge is -2.28. The number of nitrogens with two attached hydrogens (primary N) is 1. The van der Waals surface area contributed by atoms with Crippen LogP contribution in [-0.2, 0) is 11.3 Å². The van der Waals surface area contributed by atoms with Crippen molar-refractivity contribution < 1.29 is 14.3 Å². The lowest BCUT2D eigenvalue weighted by Crippen LogP contribution is -2.24. The first-order valence-corrected chi connectivity index (χ1v) is 10.6. The summed E-state index contributed by atoms with van der Waals surface area (Å²) in [5.74, 6) is 0.919. The average molecular weight is 413 g/mol. The van der Waals surface area contributed by atoms with E-state index in [4.69, 9.17) is 22.1 Å². The van der Waals surface area contributed by atoms with Gasteiger partial charge in [0.15, 0.2) is 5.78 Å². The van der Waals surface area contributed by atoms with Gasteiger partial charge in [-0.15, -0.1) is 0 Å². The fourth-order valence-corrected chi connectivity index (χ4v) is 4.61. The van der Waals surface area contributed by atoms with E-state index in [9.17, 15) is 9.59 Å². The highest BCUT2D eigenvalue weighted by Gasteiger charge is 2.34. The zero-order valence-electron chi connectivity index (χ0n) is 16.3. The Balaban J connectivity index is 1.48. The second-order valence-corrected chi connectivity index (χ2v) is 8.46. The Morgan fingerprint density at radius 1 is 0.966 bits per heavy atom. The number of pyridine rings is 1. The molecule has 0 aliphatic heterocycles. The second kappa shape index (κ2) is 8.54. The van der Waals surface area contributed by atoms with Crippen LogP contribution in [0.3, 0.4) is 0 Å². The maximum absolute atomic E-state index is 13.3. The van der Waals surface area contributed by atoms with Crippen molar-refractivity contribution in [1.82, 2.24) is 4.98 Å². The number of hydrogen-bond acceptors (Lipinski definition) is 4. The highest BCUT2D eigenvalue weighted by Crippen LogP contribution is 2.43. The number of aromatic nitrogens is 1. The molecule has 6 heteroatoms. The van der Waals surface area contributed by atoms with Crippen LogP contribution < -0.4 is 5.73 Å². The number of amides is 1. The molecular formula is C23H25ClN2O3. The Morgan fingerprint density at radius 2 is 1.62 bits per heavy atom. The van der Waals surface area contributed by atoms with E-state index in [1.807, 2.05) is 30.3 Å². The third-order valence-electron chi connectivity index (χ3n) is 6.04. The monoisotopic (exact) mass is 412 g/mol. The number of hydrogen-bond donors (Lipinski definition) is 1. The van der Waals surface area contributed by atoms with Crippen LogP contribution in [0.1, 0.15) is 77.7 Å². The van der Waals surface area contributed by atoms with Crippen LogP contribution in [0.15, 0.2) is 36.4 Å². The summed E-state index contributed by atoms with van der Waals surface area (Å²) >= 11 is 6.36. The first-order valence-electron chi connectivity index (χ1n) is 10.2. The Kier molecular flexibility index (Phi) is 5.86. The number of benzene rings is 1. The molecule has 1 amide bonds. The SMILES string of the molecule is NC(=O)OCc1ccc(C2CC2)c(C(=O)C2CCC(c3ccccc3Cl)CC2)n1. The molecule has 1 aromatic carbocycles. The highest BCUT2D eigenvalue weighted by molar-refractivity contribution is 6.31. The molecule has 5 nitrogen and oxygen atoms in total. The number of primary amides is 1. The molecule has 0 saturated heterocycles. The van der Waals surface area contributed by atoms with Gasteiger partial charge in [-0.05, 0) is 73.6 Å². The molecule has 2 saturated carbocycles. The molecule has 2 aliphatic rings. The molecule has 0 unspecified atom stereocenters. The molecule has 2 aliphatic carbocycles. The number of carbonyl (C=O) groups excluding carboxylic acids is 2. The number of ketones is 1. The molecule has 2 fully saturated rings. The number of ether oxygens (including phenoxy) is 1. The normalized spacial score (nSPS) is 21.6. The van der Waals surface area contributed by atoms with Crippen molar-refractivity contribution in [2.24, 2.45) is 11.7 Å². The van der Waals surface area contributed by atoms with Gasteiger partial charge < -0.3 is 10.5 Å². The van der Waals surface area contributed by atoms with E-state index >= 15 is 0 Å². The zero-order valence-corrected chi connectivity index (χ0v) is 17.0. The summed E-state index contributed by atoms with van der Waals surface area (Å²) in [6.45, 7) is -0.0141. The third-order valence-corrected chi connectivity index (χ3v) is 6.38. The summed E-state index contributed by atoms with van der Waals surface area (Å²) in [7, 11) is 0. The topological polar surface area (TPSA) is 82.3 Å². The molecule has 1 heterocycles. The van der Waals surface area contributed by atoms with Crippen molar-refractivity contribution in [2.75, 3.05) is 0 Å². The Morgan fingerprint density at radius 3 is 2.28 bits per heavy atom. The molecule has 0 atom stereocenters. The van der Waals surface area contributed by atoms with Gasteiger partial charge in [0.05, 0.1) is 5.69 Å². The predicted molar refractivity (Wildman–Crippen MR) is 111 cm³/mol. The first-order chi connectivity index (χ1) is 14.0. The van der Waals surface area contributed by atoms with E-state index in [0.717, 1.165) is 49.1 Å². The quantitative estimate of drug-likeness (QED) is 0.647. The summed E-state index contributed by atoms with van der Waals surface area (Å²) in [5, 5.41) is 0.808. The Hall–Kier alpha value is -2.40. The van der Waals surface area contributed by atoms with Crippen LogP contribution in [-0.4, -0.2) is 16.9 Å². The molecule has 29 heavy (non-hydrogen) atoms. The molecule has 0 bridgehead atoms. The van der Waals surface area contributed by atoms with Gasteiger partial charge in [0, 0.05) is 10.9 Å². The van der Waals surface area contributed by atoms with Gasteiger partial charge in [0.1, 0.15) is 12.3 Å². The maximum atomic E-state index is 13.3. The van der Waals surface area contributed by atoms with E-state index in [-0.39, 0.29) is 18.3 Å². The van der Waals surface area contributed by atoms with Crippen molar-refractivity contribution in [2.45, 2.75) is 57.0 Å². The van der Waals surface area contributed by atoms with Gasteiger partial charge in [0.25, 0.3) is 0 Å². The number of rotatable bonds is 6. The van der Waals surface area contributed by atoms with Gasteiger partial charge in [0.2, 0.25) is 0 Å². The number of Topliss-reactive ketones (excluding diaryl/α,β-unsaturated/α-hetero) is 1. The molecule has 0 radical (unpaired) electrons. The average Bonchev–Trinajstić information content (AvgIpc) is 3.57. The van der Waals surface area contributed by atoms with Gasteiger partial charge in [-0.2, -0.15) is 0 Å². The van der Waals surface area contributed by atoms with Crippen LogP contribution in [0.5, 0.6) is 0 Å². The summed E-state index contributed by atoms with van der Waals surface area (Å²) in [6.07, 6.45) is 4.91. The molecule has 4 rings (SSSR count). The maximum Gasteiger partial charge on any atom is 0.404 e. The van der Waals surface area contributed by atoms with E-state index in [0.29, 0.717) is 23.2 Å². The van der Waals surface area contributed by atoms with Crippen LogP contribution in [0.4, 0.5) is 4.79 Å². The van der Waals surface area contributed by atoms with Crippen LogP contribution in [0, 0.1) is 5.92 Å². The predicted octanol–water partition coefficient (Wildman–Crippen LogP) is 5.36. The van der Waals surface area contributed by atoms with Gasteiger partial charge in [-0.25, -0.2) is 9.78 Å². The zero-order chi connectivity index (χ0) is 20.4. The molecule has 2 aromatic rings. The third kappa shape index (κ3) is 4.61. The summed E-state index contributed by atoms with van der Waals surface area (Å²) in [5.41, 5.74) is 8.38. The lowest BCUT2D eigenvalue weighted by molar-refractivity contribution is 0.0876. The molecule has 1 aromatic heterocycles. The summed E-state index contributed by atoms with van der Waals surface area (Å²) < 4.78 is 4.85. The highest BCUT2D eigenvalue weighted by atomic mass is 35.5. The fraction of sp³-hybridized carbons (Fsp3) is 0.435. The minimum Gasteiger partial charge on any atom is -0.443 e. The molecular weight excluding hydrogens is 388 g/mol. The van der Waals surface area contributed by atoms with Gasteiger partial charge in [-0.3, -0.25) is 4.79 Å². The summed E-state index contributed by atoms with van der Waals surface area (Å²) in [6, 6.07) is 11.8. The van der Waals surface area contributed by atoms with Crippen molar-refractivity contribution in [3.8, 4) is 0 Å². The smallest absolute Gasteiger partial charge is 0.404 e. The van der Waals surface area contributed by atoms with Gasteiger partial charge in [-0.1, -0.05) is 35.9 Å². The van der Waals surface area contributed by atoms with Crippen molar-refractivity contribution in [3.63, 3.8) is 0 Å². The minimum atomic E-state index is -0.844. The second-order valence-electron chi connectivity index (χ2n) is 8.06. The van der Waals surface area contributed by atoms with E-state index in [1.54, 1.807) is 0 Å². The van der Waals surface area contributed by atoms with Crippen LogP contribution in [0.2, 0.25) is 5.02 Å². The molecule has 152 valence electrons. The van der Waals surface area contributed by atoms with Crippen molar-refractivity contribution >= 4 is 23.5 Å². The standard InChI is InChI=1S/C23H25ClN2O3/c24-20-4-2-1-3-18(20)14-7-9-16(10-8-14)22(27)21-19(15-5-6-15)12-11-17(26-21)13-29-23(25)28/h1-4,11-12,14-16H,5-10,13H2,(H2,25,28). The molecule has 0 spiro atoms. The lowest BCUT2D eigenvalue weighted by atomic mass is 9.76. The summed E-state index contributed by atoms with van der Waals surface area (Å²) in [4.78, 5) is 28.8. The number of nitrogens with zero attached hydrogens (tertiary/aromatic N) is 1. The number of carbonyl (C=O) groups is 2. The van der Waals surface area contributed by atoms with E-state index < -0.39 is 6.09 Å². The van der Waals surface area contributed by atoms with Crippen LogP contribution >= 0.6 is 11.6 Å². The fourth-order valence-electron chi connectivity index (χ4n) is 4.32. The van der Waals surface area contributed by atoms with E-state index in [2.05, 4.69) is 11.1 Å². The minimum absolute atomic E-state index is 0.0141. The Bertz CT molecular complexity index is 918. The van der Waals surface area contributed by atoms with E-state index in [1.165, 1.54) is 5.56 Å². The van der Waals surface area contributed by atoms with Crippen molar-refractivity contribution in [1.29, 1.82) is 0 Å². The first kappa shape index (κ1) is 19.9. The van der Waals surface area contributed by atoms with Gasteiger partial charge >= 0.3 is 6.09 Å². The largest absolute Gasteiger partial charge is 0.443 e. The van der Waals surface area contributed by atoms with Crippen LogP contribution in [0.25, 0.3) is 0 Å². The molecule has 2 N–H and O–H groups in total. The number of halogens is 1. The van der Waals surface area contributed by atoms with Crippen molar-refractivity contribution in [3.05, 3.63) is 63.9 Å².